The van der Waals surface area contributed by atoms with Crippen LogP contribution in [0, 0.1) is 21.4 Å². The first-order chi connectivity index (χ1) is 9.60. The van der Waals surface area contributed by atoms with Crippen LogP contribution in [0.15, 0.2) is 39.0 Å². The molecule has 0 aliphatic carbocycles. The largest absolute Gasteiger partial charge is 0.352 e. The summed E-state index contributed by atoms with van der Waals surface area (Å²) in [5, 5.41) is 22.7. The summed E-state index contributed by atoms with van der Waals surface area (Å²) in [5.74, 6) is 0. The molecule has 1 aliphatic rings. The molecule has 20 heavy (non-hydrogen) atoms. The van der Waals surface area contributed by atoms with Crippen LogP contribution < -0.4 is 10.9 Å². The second-order valence-electron chi connectivity index (χ2n) is 4.01. The number of benzene rings is 1. The Morgan fingerprint density at radius 1 is 1.35 bits per heavy atom. The number of H-pyrrole nitrogens is 1. The van der Waals surface area contributed by atoms with Gasteiger partial charge in [0.1, 0.15) is 11.6 Å². The van der Waals surface area contributed by atoms with Gasteiger partial charge in [0.2, 0.25) is 0 Å². The molecule has 7 nitrogen and oxygen atoms in total. The molecule has 0 fully saturated rings. The fraction of sp³-hybridized carbons (Fsp3) is 0. The van der Waals surface area contributed by atoms with E-state index < -0.39 is 10.5 Å². The molecule has 0 unspecified atom stereocenters. The van der Waals surface area contributed by atoms with Crippen LogP contribution in [0.25, 0.3) is 0 Å². The van der Waals surface area contributed by atoms with Crippen molar-refractivity contribution in [3.8, 4) is 6.07 Å². The van der Waals surface area contributed by atoms with Crippen molar-refractivity contribution in [1.29, 1.82) is 5.26 Å². The molecule has 2 heterocycles. The number of nitriles is 1. The highest BCUT2D eigenvalue weighted by Crippen LogP contribution is 2.45. The minimum atomic E-state index is -0.495. The van der Waals surface area contributed by atoms with Gasteiger partial charge in [-0.25, -0.2) is 0 Å². The third kappa shape index (κ3) is 1.81. The zero-order valence-electron chi connectivity index (χ0n) is 9.84. The van der Waals surface area contributed by atoms with Crippen molar-refractivity contribution in [3.63, 3.8) is 0 Å². The summed E-state index contributed by atoms with van der Waals surface area (Å²) >= 11 is 1.33. The number of non-ortho nitro benzene ring substituents is 1. The Hall–Kier alpha value is -2.79. The maximum absolute atomic E-state index is 11.6. The number of aromatic nitrogens is 1. The highest BCUT2D eigenvalue weighted by atomic mass is 32.2. The summed E-state index contributed by atoms with van der Waals surface area (Å²) in [7, 11) is 0. The van der Waals surface area contributed by atoms with Gasteiger partial charge in [-0.1, -0.05) is 11.8 Å². The first kappa shape index (κ1) is 12.3. The zero-order valence-corrected chi connectivity index (χ0v) is 10.7. The summed E-state index contributed by atoms with van der Waals surface area (Å²) in [4.78, 5) is 25.8. The van der Waals surface area contributed by atoms with Gasteiger partial charge in [-0.05, 0) is 6.07 Å². The Kier molecular flexibility index (Phi) is 2.69. The minimum absolute atomic E-state index is 0.0350. The van der Waals surface area contributed by atoms with Crippen LogP contribution in [0.5, 0.6) is 0 Å². The summed E-state index contributed by atoms with van der Waals surface area (Å²) in [5.41, 5.74) is 0.317. The molecule has 8 heteroatoms. The van der Waals surface area contributed by atoms with Crippen molar-refractivity contribution in [2.24, 2.45) is 0 Å². The maximum Gasteiger partial charge on any atom is 0.271 e. The number of nitro groups is 1. The summed E-state index contributed by atoms with van der Waals surface area (Å²) < 4.78 is 0. The number of aromatic amines is 1. The quantitative estimate of drug-likeness (QED) is 0.524. The van der Waals surface area contributed by atoms with Gasteiger partial charge in [0.25, 0.3) is 11.2 Å². The van der Waals surface area contributed by atoms with Crippen LogP contribution in [0.3, 0.4) is 0 Å². The molecule has 2 N–H and O–H groups in total. The van der Waals surface area contributed by atoms with Crippen LogP contribution in [0.4, 0.5) is 17.1 Å². The normalized spacial score (nSPS) is 11.8. The number of fused-ring (bicyclic) bond motifs is 2. The van der Waals surface area contributed by atoms with Crippen LogP contribution in [-0.4, -0.2) is 9.91 Å². The number of hydrogen-bond donors (Lipinski definition) is 2. The monoisotopic (exact) mass is 286 g/mol. The SMILES string of the molecule is N#Cc1c2c(c[nH]c1=O)Sc1ccc([N+](=O)[O-])cc1N2. The van der Waals surface area contributed by atoms with Crippen molar-refractivity contribution >= 4 is 28.8 Å². The number of anilines is 2. The fourth-order valence-electron chi connectivity index (χ4n) is 1.89. The average Bonchev–Trinajstić information content (AvgIpc) is 2.44. The van der Waals surface area contributed by atoms with Crippen molar-refractivity contribution in [1.82, 2.24) is 4.98 Å². The van der Waals surface area contributed by atoms with E-state index in [0.717, 1.165) is 4.90 Å². The number of nitro benzene ring substituents is 1. The number of rotatable bonds is 1. The third-order valence-electron chi connectivity index (χ3n) is 2.82. The second-order valence-corrected chi connectivity index (χ2v) is 5.09. The topological polar surface area (TPSA) is 112 Å². The lowest BCUT2D eigenvalue weighted by Gasteiger charge is -2.20. The summed E-state index contributed by atoms with van der Waals surface area (Å²) in [6.45, 7) is 0. The molecule has 0 saturated heterocycles. The van der Waals surface area contributed by atoms with Crippen molar-refractivity contribution < 1.29 is 4.92 Å². The van der Waals surface area contributed by atoms with Gasteiger partial charge >= 0.3 is 0 Å². The molecule has 1 aromatic heterocycles. The Morgan fingerprint density at radius 3 is 2.85 bits per heavy atom. The van der Waals surface area contributed by atoms with E-state index in [2.05, 4.69) is 10.3 Å². The lowest BCUT2D eigenvalue weighted by atomic mass is 10.2. The van der Waals surface area contributed by atoms with Gasteiger partial charge in [-0.15, -0.1) is 0 Å². The molecule has 3 rings (SSSR count). The second kappa shape index (κ2) is 4.40. The van der Waals surface area contributed by atoms with Gasteiger partial charge in [0.15, 0.2) is 0 Å². The minimum Gasteiger partial charge on any atom is -0.352 e. The van der Waals surface area contributed by atoms with Crippen molar-refractivity contribution in [2.45, 2.75) is 9.79 Å². The molecule has 0 amide bonds. The summed E-state index contributed by atoms with van der Waals surface area (Å²) in [6, 6.07) is 6.26. The Balaban J connectivity index is 2.15. The third-order valence-corrected chi connectivity index (χ3v) is 3.94. The maximum atomic E-state index is 11.6. The predicted octanol–water partition coefficient (Wildman–Crippen LogP) is 2.36. The molecule has 0 saturated carbocycles. The van der Waals surface area contributed by atoms with Gasteiger partial charge < -0.3 is 10.3 Å². The number of hydrogen-bond acceptors (Lipinski definition) is 6. The molecular formula is C12H6N4O3S. The van der Waals surface area contributed by atoms with Crippen molar-refractivity contribution in [3.05, 3.63) is 50.4 Å². The summed E-state index contributed by atoms with van der Waals surface area (Å²) in [6.07, 6.45) is 1.51. The van der Waals surface area contributed by atoms with Crippen LogP contribution in [0.2, 0.25) is 0 Å². The fourth-order valence-corrected chi connectivity index (χ4v) is 2.86. The molecular weight excluding hydrogens is 280 g/mol. The molecule has 0 radical (unpaired) electrons. The average molecular weight is 286 g/mol. The van der Waals surface area contributed by atoms with Gasteiger partial charge in [-0.2, -0.15) is 5.26 Å². The first-order valence-electron chi connectivity index (χ1n) is 5.49. The molecule has 98 valence electrons. The van der Waals surface area contributed by atoms with E-state index in [9.17, 15) is 14.9 Å². The molecule has 2 aromatic rings. The van der Waals surface area contributed by atoms with E-state index >= 15 is 0 Å². The number of pyridine rings is 1. The van der Waals surface area contributed by atoms with Gasteiger partial charge in [0, 0.05) is 23.2 Å². The van der Waals surface area contributed by atoms with E-state index in [1.54, 1.807) is 6.07 Å². The van der Waals surface area contributed by atoms with Crippen LogP contribution in [-0.2, 0) is 0 Å². The van der Waals surface area contributed by atoms with E-state index in [1.165, 1.54) is 30.1 Å². The predicted molar refractivity (Wildman–Crippen MR) is 72.3 cm³/mol. The van der Waals surface area contributed by atoms with Gasteiger partial charge in [-0.3, -0.25) is 14.9 Å². The molecule has 0 spiro atoms. The Bertz CT molecular complexity index is 838. The lowest BCUT2D eigenvalue weighted by Crippen LogP contribution is -2.14. The van der Waals surface area contributed by atoms with Crippen LogP contribution in [0.1, 0.15) is 5.56 Å². The lowest BCUT2D eigenvalue weighted by molar-refractivity contribution is -0.384. The zero-order chi connectivity index (χ0) is 14.3. The molecule has 1 aromatic carbocycles. The van der Waals surface area contributed by atoms with E-state index in [-0.39, 0.29) is 11.3 Å². The molecule has 0 bridgehead atoms. The highest BCUT2D eigenvalue weighted by Gasteiger charge is 2.22. The molecule has 1 aliphatic heterocycles. The highest BCUT2D eigenvalue weighted by molar-refractivity contribution is 7.99. The number of nitrogens with one attached hydrogen (secondary N) is 2. The van der Waals surface area contributed by atoms with E-state index in [0.29, 0.717) is 16.3 Å². The van der Waals surface area contributed by atoms with Crippen molar-refractivity contribution in [2.75, 3.05) is 5.32 Å². The molecule has 0 atom stereocenters. The standard InChI is InChI=1S/C12H6N4O3S/c13-4-7-11-10(5-14-12(7)17)20-9-2-1-6(16(18)19)3-8(9)15-11/h1-3,5,15H,(H,14,17). The number of nitrogens with zero attached hydrogens (tertiary/aromatic N) is 2. The Morgan fingerprint density at radius 2 is 2.15 bits per heavy atom. The van der Waals surface area contributed by atoms with Crippen LogP contribution >= 0.6 is 11.8 Å². The smallest absolute Gasteiger partial charge is 0.271 e. The first-order valence-corrected chi connectivity index (χ1v) is 6.31. The van der Waals surface area contributed by atoms with Gasteiger partial charge in [0.05, 0.1) is 21.2 Å². The van der Waals surface area contributed by atoms with E-state index in [4.69, 9.17) is 5.26 Å². The Labute approximate surface area is 116 Å². The van der Waals surface area contributed by atoms with E-state index in [1.807, 2.05) is 6.07 Å².